The van der Waals surface area contributed by atoms with Crippen LogP contribution in [0.15, 0.2) is 12.4 Å². The Kier molecular flexibility index (Phi) is 2.12. The Bertz CT molecular complexity index is 432. The van der Waals surface area contributed by atoms with Gasteiger partial charge in [0, 0.05) is 24.2 Å². The van der Waals surface area contributed by atoms with Gasteiger partial charge in [-0.3, -0.25) is 0 Å². The lowest BCUT2D eigenvalue weighted by Gasteiger charge is -2.29. The molecule has 4 heteroatoms. The average Bonchev–Trinajstić information content (AvgIpc) is 2.88. The van der Waals surface area contributed by atoms with Crippen LogP contribution in [0, 0.1) is 0 Å². The summed E-state index contributed by atoms with van der Waals surface area (Å²) in [6.45, 7) is 1.87. The Labute approximate surface area is 101 Å². The van der Waals surface area contributed by atoms with Crippen molar-refractivity contribution in [3.05, 3.63) is 18.1 Å². The highest BCUT2D eigenvalue weighted by molar-refractivity contribution is 5.43. The molecule has 2 atom stereocenters. The number of ether oxygens (including phenoxy) is 1. The van der Waals surface area contributed by atoms with Gasteiger partial charge in [0.2, 0.25) is 0 Å². The summed E-state index contributed by atoms with van der Waals surface area (Å²) < 4.78 is 5.63. The third kappa shape index (κ3) is 1.54. The standard InChI is InChI=1S/C13H17N3O/c1-2-9(3-1)12-5-13(15-8-14-12)16-6-11-4-10(16)7-17-11/h5,8-11H,1-4,6-7H2/t10-,11+/m0/s1. The minimum Gasteiger partial charge on any atom is -0.374 e. The van der Waals surface area contributed by atoms with Crippen molar-refractivity contribution in [2.24, 2.45) is 0 Å². The van der Waals surface area contributed by atoms with Crippen LogP contribution in [-0.4, -0.2) is 35.3 Å². The number of aromatic nitrogens is 2. The summed E-state index contributed by atoms with van der Waals surface area (Å²) in [5.41, 5.74) is 1.24. The van der Waals surface area contributed by atoms with Crippen molar-refractivity contribution in [1.82, 2.24) is 9.97 Å². The molecule has 1 aromatic heterocycles. The predicted molar refractivity (Wildman–Crippen MR) is 64.1 cm³/mol. The summed E-state index contributed by atoms with van der Waals surface area (Å²) in [4.78, 5) is 11.3. The van der Waals surface area contributed by atoms with Crippen LogP contribution in [0.4, 0.5) is 5.82 Å². The molecule has 2 aliphatic heterocycles. The van der Waals surface area contributed by atoms with Crippen molar-refractivity contribution in [1.29, 1.82) is 0 Å². The molecule has 3 aliphatic rings. The maximum Gasteiger partial charge on any atom is 0.132 e. The highest BCUT2D eigenvalue weighted by Gasteiger charge is 2.39. The van der Waals surface area contributed by atoms with E-state index in [-0.39, 0.29) is 0 Å². The van der Waals surface area contributed by atoms with E-state index in [9.17, 15) is 0 Å². The molecular weight excluding hydrogens is 214 g/mol. The van der Waals surface area contributed by atoms with Gasteiger partial charge in [-0.1, -0.05) is 6.42 Å². The first-order valence-electron chi connectivity index (χ1n) is 6.60. The summed E-state index contributed by atoms with van der Waals surface area (Å²) in [5.74, 6) is 1.80. The molecule has 0 radical (unpaired) electrons. The van der Waals surface area contributed by atoms with E-state index >= 15 is 0 Å². The quantitative estimate of drug-likeness (QED) is 0.777. The number of anilines is 1. The zero-order valence-corrected chi connectivity index (χ0v) is 9.88. The van der Waals surface area contributed by atoms with Crippen molar-refractivity contribution in [3.8, 4) is 0 Å². The molecule has 4 nitrogen and oxygen atoms in total. The lowest BCUT2D eigenvalue weighted by atomic mass is 9.83. The van der Waals surface area contributed by atoms with Gasteiger partial charge in [0.15, 0.2) is 0 Å². The van der Waals surface area contributed by atoms with Crippen LogP contribution < -0.4 is 4.90 Å². The number of hydrogen-bond acceptors (Lipinski definition) is 4. The molecule has 17 heavy (non-hydrogen) atoms. The minimum absolute atomic E-state index is 0.433. The van der Waals surface area contributed by atoms with Crippen LogP contribution in [-0.2, 0) is 4.74 Å². The SMILES string of the molecule is c1nc(C2CCC2)cc(N2C[C@H]3C[C@H]2CO3)n1. The van der Waals surface area contributed by atoms with Crippen LogP contribution in [0.3, 0.4) is 0 Å². The van der Waals surface area contributed by atoms with Crippen LogP contribution in [0.25, 0.3) is 0 Å². The van der Waals surface area contributed by atoms with Crippen molar-refractivity contribution in [2.75, 3.05) is 18.1 Å². The third-order valence-electron chi connectivity index (χ3n) is 4.39. The molecule has 2 saturated heterocycles. The van der Waals surface area contributed by atoms with E-state index in [0.717, 1.165) is 19.0 Å². The molecule has 3 fully saturated rings. The Hall–Kier alpha value is -1.16. The fraction of sp³-hybridized carbons (Fsp3) is 0.692. The normalized spacial score (nSPS) is 31.9. The maximum atomic E-state index is 5.63. The van der Waals surface area contributed by atoms with Crippen LogP contribution >= 0.6 is 0 Å². The maximum absolute atomic E-state index is 5.63. The molecule has 3 heterocycles. The largest absolute Gasteiger partial charge is 0.374 e. The molecule has 4 rings (SSSR count). The highest BCUT2D eigenvalue weighted by atomic mass is 16.5. The number of morpholine rings is 1. The summed E-state index contributed by atoms with van der Waals surface area (Å²) >= 11 is 0. The van der Waals surface area contributed by atoms with Gasteiger partial charge < -0.3 is 9.64 Å². The highest BCUT2D eigenvalue weighted by Crippen LogP contribution is 2.37. The van der Waals surface area contributed by atoms with E-state index in [1.54, 1.807) is 6.33 Å². The first kappa shape index (κ1) is 9.83. The van der Waals surface area contributed by atoms with Crippen molar-refractivity contribution in [2.45, 2.75) is 43.7 Å². The van der Waals surface area contributed by atoms with Gasteiger partial charge >= 0.3 is 0 Å². The zero-order valence-electron chi connectivity index (χ0n) is 9.88. The van der Waals surface area contributed by atoms with Gasteiger partial charge in [-0.15, -0.1) is 0 Å². The Morgan fingerprint density at radius 3 is 2.88 bits per heavy atom. The monoisotopic (exact) mass is 231 g/mol. The van der Waals surface area contributed by atoms with Crippen molar-refractivity contribution in [3.63, 3.8) is 0 Å². The van der Waals surface area contributed by atoms with Gasteiger partial charge in [-0.25, -0.2) is 9.97 Å². The molecule has 1 aromatic rings. The first-order chi connectivity index (χ1) is 8.40. The first-order valence-corrected chi connectivity index (χ1v) is 6.60. The van der Waals surface area contributed by atoms with E-state index in [1.165, 1.54) is 31.4 Å². The van der Waals surface area contributed by atoms with E-state index < -0.39 is 0 Å². The van der Waals surface area contributed by atoms with Crippen molar-refractivity contribution >= 4 is 5.82 Å². The second-order valence-electron chi connectivity index (χ2n) is 5.43. The molecule has 90 valence electrons. The van der Waals surface area contributed by atoms with Gasteiger partial charge in [-0.05, 0) is 19.3 Å². The fourth-order valence-corrected chi connectivity index (χ4v) is 3.13. The van der Waals surface area contributed by atoms with E-state index in [1.807, 2.05) is 0 Å². The summed E-state index contributed by atoms with van der Waals surface area (Å²) in [7, 11) is 0. The molecule has 0 amide bonds. The Balaban J connectivity index is 1.60. The second kappa shape index (κ2) is 3.67. The summed E-state index contributed by atoms with van der Waals surface area (Å²) in [6, 6.07) is 2.74. The van der Waals surface area contributed by atoms with Gasteiger partial charge in [0.25, 0.3) is 0 Å². The van der Waals surface area contributed by atoms with Gasteiger partial charge in [-0.2, -0.15) is 0 Å². The molecule has 0 spiro atoms. The van der Waals surface area contributed by atoms with Gasteiger partial charge in [0.1, 0.15) is 12.1 Å². The van der Waals surface area contributed by atoms with Gasteiger partial charge in [0.05, 0.1) is 18.8 Å². The lowest BCUT2D eigenvalue weighted by molar-refractivity contribution is 0.0988. The van der Waals surface area contributed by atoms with Crippen molar-refractivity contribution < 1.29 is 4.74 Å². The smallest absolute Gasteiger partial charge is 0.132 e. The Morgan fingerprint density at radius 2 is 2.24 bits per heavy atom. The topological polar surface area (TPSA) is 38.2 Å². The van der Waals surface area contributed by atoms with E-state index in [2.05, 4.69) is 20.9 Å². The molecule has 0 aromatic carbocycles. The molecule has 1 aliphatic carbocycles. The van der Waals surface area contributed by atoms with Crippen LogP contribution in [0.5, 0.6) is 0 Å². The molecule has 0 N–H and O–H groups in total. The Morgan fingerprint density at radius 1 is 1.29 bits per heavy atom. The van der Waals surface area contributed by atoms with Crippen LogP contribution in [0.2, 0.25) is 0 Å². The molecular formula is C13H17N3O. The number of rotatable bonds is 2. The predicted octanol–water partition coefficient (Wildman–Crippen LogP) is 1.72. The molecule has 2 bridgehead atoms. The zero-order chi connectivity index (χ0) is 11.2. The molecule has 1 saturated carbocycles. The number of hydrogen-bond donors (Lipinski definition) is 0. The minimum atomic E-state index is 0.433. The van der Waals surface area contributed by atoms with Crippen LogP contribution in [0.1, 0.15) is 37.3 Å². The van der Waals surface area contributed by atoms with E-state index in [0.29, 0.717) is 18.1 Å². The average molecular weight is 231 g/mol. The van der Waals surface area contributed by atoms with E-state index in [4.69, 9.17) is 4.74 Å². The summed E-state index contributed by atoms with van der Waals surface area (Å²) in [6.07, 6.45) is 7.28. The summed E-state index contributed by atoms with van der Waals surface area (Å²) in [5, 5.41) is 0. The number of fused-ring (bicyclic) bond motifs is 2. The molecule has 0 unspecified atom stereocenters. The number of nitrogens with zero attached hydrogens (tertiary/aromatic N) is 3. The third-order valence-corrected chi connectivity index (χ3v) is 4.39. The fourth-order valence-electron chi connectivity index (χ4n) is 3.13. The lowest BCUT2D eigenvalue weighted by Crippen LogP contribution is -2.37. The second-order valence-corrected chi connectivity index (χ2v) is 5.43.